The van der Waals surface area contributed by atoms with Crippen LogP contribution in [0, 0.1) is 0 Å². The van der Waals surface area contributed by atoms with Gasteiger partial charge in [0.15, 0.2) is 5.96 Å². The number of para-hydroxylation sites is 1. The number of carbonyl (C=O) groups is 5. The quantitative estimate of drug-likeness (QED) is 0.0707. The van der Waals surface area contributed by atoms with Gasteiger partial charge in [0.05, 0.1) is 12.5 Å². The molecule has 1 fully saturated rings. The first-order chi connectivity index (χ1) is 19.5. The monoisotopic (exact) mass is 571 g/mol. The zero-order chi connectivity index (χ0) is 30.1. The van der Waals surface area contributed by atoms with E-state index in [4.69, 9.17) is 22.9 Å². The molecular formula is C26H37N9O6. The first-order valence-electron chi connectivity index (χ1n) is 13.3. The summed E-state index contributed by atoms with van der Waals surface area (Å²) in [6.07, 6.45) is 2.56. The Bertz CT molecular complexity index is 1310. The lowest BCUT2D eigenvalue weighted by atomic mass is 10.0. The summed E-state index contributed by atoms with van der Waals surface area (Å²) in [6.45, 7) is 0.433. The SMILES string of the molecule is NC(=O)CC(NC(=O)C(N)CCCN=C(N)N)C(=O)N1CCCC1C(=O)NC(Cc1c[nH]c2ccccc12)C(=O)O. The van der Waals surface area contributed by atoms with Crippen LogP contribution in [0.4, 0.5) is 0 Å². The molecule has 3 rings (SSSR count). The average molecular weight is 572 g/mol. The highest BCUT2D eigenvalue weighted by Gasteiger charge is 2.39. The lowest BCUT2D eigenvalue weighted by molar-refractivity contribution is -0.145. The summed E-state index contributed by atoms with van der Waals surface area (Å²) in [5.74, 6) is -4.18. The molecule has 0 saturated carbocycles. The Balaban J connectivity index is 1.67. The number of guanidine groups is 1. The van der Waals surface area contributed by atoms with E-state index in [9.17, 15) is 29.1 Å². The number of fused-ring (bicyclic) bond motifs is 1. The number of primary amides is 1. The molecule has 1 aromatic carbocycles. The first kappa shape index (κ1) is 30.9. The van der Waals surface area contributed by atoms with Crippen LogP contribution in [0.25, 0.3) is 10.9 Å². The number of hydrogen-bond donors (Lipinski definition) is 8. The molecule has 4 atom stereocenters. The summed E-state index contributed by atoms with van der Waals surface area (Å²) in [7, 11) is 0. The number of carboxylic acids is 1. The number of hydrogen-bond acceptors (Lipinski definition) is 7. The Kier molecular flexibility index (Phi) is 10.6. The first-order valence-corrected chi connectivity index (χ1v) is 13.3. The van der Waals surface area contributed by atoms with Crippen molar-refractivity contribution in [1.29, 1.82) is 0 Å². The summed E-state index contributed by atoms with van der Waals surface area (Å²) in [4.78, 5) is 71.2. The van der Waals surface area contributed by atoms with E-state index in [0.717, 1.165) is 10.9 Å². The number of aliphatic imine (C=N–C) groups is 1. The van der Waals surface area contributed by atoms with Gasteiger partial charge in [-0.15, -0.1) is 0 Å². The molecule has 1 saturated heterocycles. The maximum atomic E-state index is 13.4. The van der Waals surface area contributed by atoms with Crippen molar-refractivity contribution in [1.82, 2.24) is 20.5 Å². The summed E-state index contributed by atoms with van der Waals surface area (Å²) >= 11 is 0. The molecule has 15 heteroatoms. The number of nitrogens with zero attached hydrogens (tertiary/aromatic N) is 2. The Morgan fingerprint density at radius 3 is 2.51 bits per heavy atom. The number of aromatic amines is 1. The van der Waals surface area contributed by atoms with E-state index >= 15 is 0 Å². The van der Waals surface area contributed by atoms with Crippen LogP contribution in [0.2, 0.25) is 0 Å². The Labute approximate surface area is 236 Å². The van der Waals surface area contributed by atoms with Crippen molar-refractivity contribution in [2.24, 2.45) is 27.9 Å². The molecule has 1 aromatic heterocycles. The Hall–Kier alpha value is -4.66. The van der Waals surface area contributed by atoms with Crippen molar-refractivity contribution < 1.29 is 29.1 Å². The minimum atomic E-state index is -1.35. The number of carbonyl (C=O) groups excluding carboxylic acids is 4. The van der Waals surface area contributed by atoms with Gasteiger partial charge in [-0.05, 0) is 37.3 Å². The van der Waals surface area contributed by atoms with Gasteiger partial charge in [0.2, 0.25) is 23.6 Å². The number of H-pyrrole nitrogens is 1. The topological polar surface area (TPSA) is 265 Å². The molecule has 0 spiro atoms. The zero-order valence-electron chi connectivity index (χ0n) is 22.5. The number of nitrogens with one attached hydrogen (secondary N) is 3. The van der Waals surface area contributed by atoms with Crippen LogP contribution in [-0.4, -0.2) is 87.8 Å². The van der Waals surface area contributed by atoms with Gasteiger partial charge in [0, 0.05) is 36.6 Å². The maximum Gasteiger partial charge on any atom is 0.326 e. The van der Waals surface area contributed by atoms with Gasteiger partial charge in [-0.3, -0.25) is 24.2 Å². The second-order valence-electron chi connectivity index (χ2n) is 9.94. The smallest absolute Gasteiger partial charge is 0.326 e. The predicted molar refractivity (Wildman–Crippen MR) is 150 cm³/mol. The fraction of sp³-hybridized carbons (Fsp3) is 0.462. The van der Waals surface area contributed by atoms with E-state index < -0.39 is 60.2 Å². The van der Waals surface area contributed by atoms with Crippen LogP contribution in [0.1, 0.15) is 37.7 Å². The molecule has 0 radical (unpaired) electrons. The fourth-order valence-electron chi connectivity index (χ4n) is 4.82. The van der Waals surface area contributed by atoms with Crippen LogP contribution < -0.4 is 33.6 Å². The third-order valence-corrected chi connectivity index (χ3v) is 6.88. The lowest BCUT2D eigenvalue weighted by Gasteiger charge is -2.29. The third kappa shape index (κ3) is 8.41. The maximum absolute atomic E-state index is 13.4. The summed E-state index contributed by atoms with van der Waals surface area (Å²) < 4.78 is 0. The normalized spacial score (nSPS) is 16.9. The highest BCUT2D eigenvalue weighted by molar-refractivity contribution is 5.96. The molecule has 12 N–H and O–H groups in total. The van der Waals surface area contributed by atoms with Gasteiger partial charge in [-0.2, -0.15) is 0 Å². The second kappa shape index (κ2) is 14.1. The molecule has 15 nitrogen and oxygen atoms in total. The molecule has 4 amide bonds. The summed E-state index contributed by atoms with van der Waals surface area (Å²) in [6, 6.07) is 2.78. The molecule has 0 aliphatic carbocycles. The minimum Gasteiger partial charge on any atom is -0.480 e. The van der Waals surface area contributed by atoms with Gasteiger partial charge < -0.3 is 48.6 Å². The highest BCUT2D eigenvalue weighted by Crippen LogP contribution is 2.22. The molecule has 1 aliphatic heterocycles. The molecule has 2 heterocycles. The van der Waals surface area contributed by atoms with Crippen molar-refractivity contribution in [3.63, 3.8) is 0 Å². The van der Waals surface area contributed by atoms with Gasteiger partial charge >= 0.3 is 5.97 Å². The second-order valence-corrected chi connectivity index (χ2v) is 9.94. The molecule has 0 bridgehead atoms. The summed E-state index contributed by atoms with van der Waals surface area (Å²) in [5, 5.41) is 15.7. The van der Waals surface area contributed by atoms with Crippen molar-refractivity contribution in [3.05, 3.63) is 36.0 Å². The number of aliphatic carboxylic acids is 1. The predicted octanol–water partition coefficient (Wildman–Crippen LogP) is -1.99. The minimum absolute atomic E-state index is 0.0210. The third-order valence-electron chi connectivity index (χ3n) is 6.88. The number of likely N-dealkylation sites (tertiary alicyclic amines) is 1. The van der Waals surface area contributed by atoms with E-state index in [2.05, 4.69) is 20.6 Å². The van der Waals surface area contributed by atoms with Crippen molar-refractivity contribution in [2.45, 2.75) is 62.7 Å². The number of benzene rings is 1. The average Bonchev–Trinajstić information content (AvgIpc) is 3.57. The van der Waals surface area contributed by atoms with Crippen LogP contribution in [0.3, 0.4) is 0 Å². The number of rotatable bonds is 14. The largest absolute Gasteiger partial charge is 0.480 e. The number of carboxylic acid groups (broad SMARTS) is 1. The molecule has 2 aromatic rings. The van der Waals surface area contributed by atoms with Gasteiger partial charge in [0.1, 0.15) is 18.1 Å². The zero-order valence-corrected chi connectivity index (χ0v) is 22.5. The molecule has 222 valence electrons. The number of nitrogens with two attached hydrogens (primary N) is 4. The molecule has 4 unspecified atom stereocenters. The van der Waals surface area contributed by atoms with Crippen molar-refractivity contribution >= 4 is 46.5 Å². The van der Waals surface area contributed by atoms with Gasteiger partial charge in [-0.1, -0.05) is 18.2 Å². The van der Waals surface area contributed by atoms with Crippen LogP contribution in [-0.2, 0) is 30.4 Å². The Morgan fingerprint density at radius 1 is 1.10 bits per heavy atom. The van der Waals surface area contributed by atoms with E-state index in [0.29, 0.717) is 18.4 Å². The fourth-order valence-corrected chi connectivity index (χ4v) is 4.82. The van der Waals surface area contributed by atoms with E-state index in [1.54, 1.807) is 6.20 Å². The lowest BCUT2D eigenvalue weighted by Crippen LogP contribution is -2.57. The highest BCUT2D eigenvalue weighted by atomic mass is 16.4. The molecule has 41 heavy (non-hydrogen) atoms. The van der Waals surface area contributed by atoms with Crippen LogP contribution >= 0.6 is 0 Å². The van der Waals surface area contributed by atoms with Crippen LogP contribution in [0.15, 0.2) is 35.5 Å². The number of amides is 4. The van der Waals surface area contributed by atoms with E-state index in [1.165, 1.54) is 4.90 Å². The Morgan fingerprint density at radius 2 is 1.83 bits per heavy atom. The number of aromatic nitrogens is 1. The van der Waals surface area contributed by atoms with Crippen LogP contribution in [0.5, 0.6) is 0 Å². The van der Waals surface area contributed by atoms with E-state index in [-0.39, 0.29) is 38.3 Å². The van der Waals surface area contributed by atoms with Gasteiger partial charge in [0.25, 0.3) is 0 Å². The van der Waals surface area contributed by atoms with E-state index in [1.807, 2.05) is 24.3 Å². The summed E-state index contributed by atoms with van der Waals surface area (Å²) in [5.41, 5.74) is 23.3. The van der Waals surface area contributed by atoms with Crippen molar-refractivity contribution in [3.8, 4) is 0 Å². The molecule has 1 aliphatic rings. The van der Waals surface area contributed by atoms with Crippen molar-refractivity contribution in [2.75, 3.05) is 13.1 Å². The molecular weight excluding hydrogens is 534 g/mol. The standard InChI is InChI=1S/C26H37N9O6/c27-16(6-3-9-31-26(29)30)22(37)33-18(12-21(28)36)24(39)35-10-4-8-20(35)23(38)34-19(25(40)41)11-14-13-32-17-7-2-1-5-15(14)17/h1-2,5,7,13,16,18-20,32H,3-4,6,8-12,27H2,(H2,28,36)(H,33,37)(H,34,38)(H,40,41)(H4,29,30,31). The van der Waals surface area contributed by atoms with Gasteiger partial charge in [-0.25, -0.2) is 4.79 Å².